The number of hydrogen-bond acceptors (Lipinski definition) is 5. The first kappa shape index (κ1) is 15.2. The number of aryl methyl sites for hydroxylation is 1. The molecule has 0 spiro atoms. The fourth-order valence-electron chi connectivity index (χ4n) is 2.94. The number of benzene rings is 1. The number of carbonyl (C=O) groups is 1. The van der Waals surface area contributed by atoms with Gasteiger partial charge in [0.1, 0.15) is 6.54 Å². The van der Waals surface area contributed by atoms with E-state index < -0.39 is 10.8 Å². The molecule has 0 saturated carbocycles. The number of nitrogens with two attached hydrogens (primary N) is 1. The van der Waals surface area contributed by atoms with Crippen LogP contribution >= 0.6 is 0 Å². The molecule has 3 N–H and O–H groups in total. The SMILES string of the molecule is Cc1cc(-c2nn(CC(N)=O)c3c2CNCC3)ccc1[N+](=O)[O-]. The Kier molecular flexibility index (Phi) is 3.83. The van der Waals surface area contributed by atoms with Crippen molar-refractivity contribution < 1.29 is 9.72 Å². The molecule has 23 heavy (non-hydrogen) atoms. The van der Waals surface area contributed by atoms with Crippen LogP contribution in [0.1, 0.15) is 16.8 Å². The van der Waals surface area contributed by atoms with Gasteiger partial charge < -0.3 is 11.1 Å². The van der Waals surface area contributed by atoms with E-state index in [0.29, 0.717) is 12.1 Å². The summed E-state index contributed by atoms with van der Waals surface area (Å²) in [4.78, 5) is 21.8. The average molecular weight is 315 g/mol. The van der Waals surface area contributed by atoms with Crippen LogP contribution in [0.5, 0.6) is 0 Å². The van der Waals surface area contributed by atoms with Crippen molar-refractivity contribution in [3.8, 4) is 11.3 Å². The highest BCUT2D eigenvalue weighted by molar-refractivity contribution is 5.74. The van der Waals surface area contributed by atoms with Crippen LogP contribution < -0.4 is 11.1 Å². The Morgan fingerprint density at radius 3 is 2.96 bits per heavy atom. The number of nitrogens with zero attached hydrogens (tertiary/aromatic N) is 3. The Labute approximate surface area is 132 Å². The second-order valence-electron chi connectivity index (χ2n) is 5.58. The van der Waals surface area contributed by atoms with E-state index in [1.807, 2.05) is 0 Å². The smallest absolute Gasteiger partial charge is 0.272 e. The average Bonchev–Trinajstić information content (AvgIpc) is 2.85. The standard InChI is InChI=1S/C15H17N5O3/c1-9-6-10(2-3-12(9)20(22)23)15-11-7-17-5-4-13(11)19(18-15)8-14(16)21/h2-3,6,17H,4-5,7-8H2,1H3,(H2,16,21). The zero-order valence-corrected chi connectivity index (χ0v) is 12.7. The van der Waals surface area contributed by atoms with Gasteiger partial charge >= 0.3 is 0 Å². The summed E-state index contributed by atoms with van der Waals surface area (Å²) in [6.45, 7) is 3.21. The molecule has 0 atom stereocenters. The Hall–Kier alpha value is -2.74. The van der Waals surface area contributed by atoms with Crippen LogP contribution in [0.4, 0.5) is 5.69 Å². The largest absolute Gasteiger partial charge is 0.368 e. The quantitative estimate of drug-likeness (QED) is 0.642. The lowest BCUT2D eigenvalue weighted by Gasteiger charge is -2.15. The topological polar surface area (TPSA) is 116 Å². The number of fused-ring (bicyclic) bond motifs is 1. The van der Waals surface area contributed by atoms with Gasteiger partial charge in [0.2, 0.25) is 5.91 Å². The predicted octanol–water partition coefficient (Wildman–Crippen LogP) is 0.898. The van der Waals surface area contributed by atoms with E-state index >= 15 is 0 Å². The van der Waals surface area contributed by atoms with Gasteiger partial charge in [0.05, 0.1) is 10.6 Å². The summed E-state index contributed by atoms with van der Waals surface area (Å²) in [6.07, 6.45) is 0.765. The van der Waals surface area contributed by atoms with Crippen molar-refractivity contribution in [3.05, 3.63) is 45.1 Å². The maximum Gasteiger partial charge on any atom is 0.272 e. The third-order valence-electron chi connectivity index (χ3n) is 3.98. The molecular weight excluding hydrogens is 298 g/mol. The minimum atomic E-state index is -0.444. The number of rotatable bonds is 4. The summed E-state index contributed by atoms with van der Waals surface area (Å²) in [5.41, 5.74) is 9.51. The van der Waals surface area contributed by atoms with Gasteiger partial charge in [-0.05, 0) is 19.1 Å². The van der Waals surface area contributed by atoms with Crippen LogP contribution in [0.25, 0.3) is 11.3 Å². The predicted molar refractivity (Wildman–Crippen MR) is 83.7 cm³/mol. The van der Waals surface area contributed by atoms with Crippen LogP contribution in [0.2, 0.25) is 0 Å². The van der Waals surface area contributed by atoms with Gasteiger partial charge in [0, 0.05) is 48.0 Å². The second-order valence-corrected chi connectivity index (χ2v) is 5.58. The highest BCUT2D eigenvalue weighted by Crippen LogP contribution is 2.30. The minimum Gasteiger partial charge on any atom is -0.368 e. The molecule has 0 unspecified atom stereocenters. The van der Waals surface area contributed by atoms with E-state index in [1.165, 1.54) is 6.07 Å². The normalized spacial score (nSPS) is 13.6. The summed E-state index contributed by atoms with van der Waals surface area (Å²) < 4.78 is 1.64. The molecule has 0 bridgehead atoms. The molecule has 1 aromatic heterocycles. The summed E-state index contributed by atoms with van der Waals surface area (Å²) in [5.74, 6) is -0.444. The van der Waals surface area contributed by atoms with Gasteiger partial charge in [0.25, 0.3) is 5.69 Å². The van der Waals surface area contributed by atoms with Crippen LogP contribution in [0.3, 0.4) is 0 Å². The van der Waals surface area contributed by atoms with E-state index in [9.17, 15) is 14.9 Å². The molecule has 1 aromatic carbocycles. The molecule has 1 aliphatic rings. The minimum absolute atomic E-state index is 0.0360. The molecule has 8 nitrogen and oxygen atoms in total. The zero-order chi connectivity index (χ0) is 16.6. The fraction of sp³-hybridized carbons (Fsp3) is 0.333. The molecule has 1 amide bonds. The summed E-state index contributed by atoms with van der Waals surface area (Å²) >= 11 is 0. The van der Waals surface area contributed by atoms with Crippen molar-refractivity contribution in [2.24, 2.45) is 5.73 Å². The Bertz CT molecular complexity index is 797. The number of aromatic nitrogens is 2. The molecule has 0 radical (unpaired) electrons. The number of amides is 1. The monoisotopic (exact) mass is 315 g/mol. The molecule has 0 saturated heterocycles. The van der Waals surface area contributed by atoms with Crippen molar-refractivity contribution >= 4 is 11.6 Å². The molecule has 120 valence electrons. The van der Waals surface area contributed by atoms with Crippen LogP contribution in [-0.4, -0.2) is 27.2 Å². The first-order valence-corrected chi connectivity index (χ1v) is 7.30. The second kappa shape index (κ2) is 5.81. The number of nitro benzene ring substituents is 1. The Morgan fingerprint density at radius 1 is 1.52 bits per heavy atom. The highest BCUT2D eigenvalue weighted by Gasteiger charge is 2.23. The molecular formula is C15H17N5O3. The Balaban J connectivity index is 2.09. The summed E-state index contributed by atoms with van der Waals surface area (Å²) in [5, 5.41) is 18.8. The van der Waals surface area contributed by atoms with Gasteiger partial charge in [-0.25, -0.2) is 0 Å². The fourth-order valence-corrected chi connectivity index (χ4v) is 2.94. The van der Waals surface area contributed by atoms with Gasteiger partial charge in [-0.15, -0.1) is 0 Å². The third-order valence-corrected chi connectivity index (χ3v) is 3.98. The first-order chi connectivity index (χ1) is 11.0. The molecule has 0 aliphatic carbocycles. The summed E-state index contributed by atoms with van der Waals surface area (Å²) in [6, 6.07) is 4.93. The van der Waals surface area contributed by atoms with Crippen molar-refractivity contribution in [1.82, 2.24) is 15.1 Å². The van der Waals surface area contributed by atoms with Gasteiger partial charge in [-0.3, -0.25) is 19.6 Å². The van der Waals surface area contributed by atoms with Gasteiger partial charge in [-0.2, -0.15) is 5.10 Å². The molecule has 2 aromatic rings. The first-order valence-electron chi connectivity index (χ1n) is 7.30. The van der Waals surface area contributed by atoms with E-state index in [2.05, 4.69) is 10.4 Å². The number of primary amides is 1. The molecule has 2 heterocycles. The van der Waals surface area contributed by atoms with E-state index in [0.717, 1.165) is 35.5 Å². The Morgan fingerprint density at radius 2 is 2.30 bits per heavy atom. The van der Waals surface area contributed by atoms with Crippen molar-refractivity contribution in [3.63, 3.8) is 0 Å². The van der Waals surface area contributed by atoms with Crippen LogP contribution in [0, 0.1) is 17.0 Å². The van der Waals surface area contributed by atoms with E-state index in [4.69, 9.17) is 5.73 Å². The molecule has 0 fully saturated rings. The van der Waals surface area contributed by atoms with Crippen LogP contribution in [-0.2, 0) is 24.3 Å². The van der Waals surface area contributed by atoms with Crippen LogP contribution in [0.15, 0.2) is 18.2 Å². The summed E-state index contributed by atoms with van der Waals surface area (Å²) in [7, 11) is 0. The van der Waals surface area contributed by atoms with Crippen molar-refractivity contribution in [1.29, 1.82) is 0 Å². The maximum atomic E-state index is 11.2. The lowest BCUT2D eigenvalue weighted by Crippen LogP contribution is -2.27. The van der Waals surface area contributed by atoms with Gasteiger partial charge in [0.15, 0.2) is 0 Å². The highest BCUT2D eigenvalue weighted by atomic mass is 16.6. The van der Waals surface area contributed by atoms with Crippen molar-refractivity contribution in [2.75, 3.05) is 6.54 Å². The van der Waals surface area contributed by atoms with Gasteiger partial charge in [-0.1, -0.05) is 0 Å². The number of hydrogen-bond donors (Lipinski definition) is 2. The number of carbonyl (C=O) groups excluding carboxylic acids is 1. The van der Waals surface area contributed by atoms with Crippen molar-refractivity contribution in [2.45, 2.75) is 26.4 Å². The molecule has 8 heteroatoms. The lowest BCUT2D eigenvalue weighted by atomic mass is 10.0. The molecule has 1 aliphatic heterocycles. The van der Waals surface area contributed by atoms with E-state index in [-0.39, 0.29) is 12.2 Å². The third kappa shape index (κ3) is 2.80. The zero-order valence-electron chi connectivity index (χ0n) is 12.7. The number of nitrogens with one attached hydrogen (secondary N) is 1. The molecule has 3 rings (SSSR count). The lowest BCUT2D eigenvalue weighted by molar-refractivity contribution is -0.385. The maximum absolute atomic E-state index is 11.2. The van der Waals surface area contributed by atoms with E-state index in [1.54, 1.807) is 23.7 Å². The number of nitro groups is 1.